The lowest BCUT2D eigenvalue weighted by atomic mass is 9.97. The number of nitrogens with one attached hydrogen (secondary N) is 1. The van der Waals surface area contributed by atoms with E-state index in [1.807, 2.05) is 61.5 Å². The van der Waals surface area contributed by atoms with Crippen LogP contribution in [0.15, 0.2) is 64.4 Å². The zero-order chi connectivity index (χ0) is 22.6. The van der Waals surface area contributed by atoms with Crippen LogP contribution in [0.4, 0.5) is 6.01 Å². The maximum absolute atomic E-state index is 12.6. The minimum absolute atomic E-state index is 0.0323. The van der Waals surface area contributed by atoms with Crippen molar-refractivity contribution in [3.63, 3.8) is 0 Å². The number of carbonyl (C=O) groups is 1. The van der Waals surface area contributed by atoms with Gasteiger partial charge in [-0.1, -0.05) is 53.1 Å². The van der Waals surface area contributed by atoms with Crippen LogP contribution in [-0.4, -0.2) is 41.9 Å². The van der Waals surface area contributed by atoms with Crippen LogP contribution in [-0.2, 0) is 14.8 Å². The molecular formula is C23H24N4O4S. The first-order valence-corrected chi connectivity index (χ1v) is 11.9. The molecule has 1 amide bonds. The molecule has 2 heterocycles. The van der Waals surface area contributed by atoms with E-state index in [4.69, 9.17) is 4.42 Å². The highest BCUT2D eigenvalue weighted by molar-refractivity contribution is 7.92. The number of nitrogens with zero attached hydrogens (tertiary/aromatic N) is 3. The van der Waals surface area contributed by atoms with Crippen LogP contribution in [0.25, 0.3) is 17.5 Å². The van der Waals surface area contributed by atoms with Crippen LogP contribution in [0.3, 0.4) is 0 Å². The number of aryl methyl sites for hydroxylation is 1. The minimum atomic E-state index is -3.55. The topological polar surface area (TPSA) is 105 Å². The molecule has 166 valence electrons. The first-order chi connectivity index (χ1) is 15.4. The number of anilines is 1. The molecule has 0 bridgehead atoms. The quantitative estimate of drug-likeness (QED) is 0.611. The highest BCUT2D eigenvalue weighted by Crippen LogP contribution is 2.24. The number of hydrogen-bond acceptors (Lipinski definition) is 6. The van der Waals surface area contributed by atoms with E-state index >= 15 is 0 Å². The van der Waals surface area contributed by atoms with Crippen molar-refractivity contribution < 1.29 is 17.6 Å². The van der Waals surface area contributed by atoms with Crippen LogP contribution < -0.4 is 5.32 Å². The third-order valence-electron chi connectivity index (χ3n) is 5.37. The number of sulfonamides is 1. The van der Waals surface area contributed by atoms with Gasteiger partial charge in [-0.05, 0) is 43.5 Å². The third kappa shape index (κ3) is 5.30. The summed E-state index contributed by atoms with van der Waals surface area (Å²) in [5, 5.41) is 11.7. The van der Waals surface area contributed by atoms with E-state index in [1.54, 1.807) is 6.08 Å². The van der Waals surface area contributed by atoms with E-state index in [1.165, 1.54) is 9.71 Å². The highest BCUT2D eigenvalue weighted by Gasteiger charge is 2.30. The minimum Gasteiger partial charge on any atom is -0.403 e. The van der Waals surface area contributed by atoms with Gasteiger partial charge in [0.15, 0.2) is 0 Å². The first-order valence-electron chi connectivity index (χ1n) is 10.4. The maximum Gasteiger partial charge on any atom is 0.322 e. The van der Waals surface area contributed by atoms with Gasteiger partial charge in [0.2, 0.25) is 21.8 Å². The predicted molar refractivity (Wildman–Crippen MR) is 122 cm³/mol. The van der Waals surface area contributed by atoms with Gasteiger partial charge < -0.3 is 4.42 Å². The number of carbonyl (C=O) groups excluding carboxylic acids is 1. The molecule has 1 N–H and O–H groups in total. The summed E-state index contributed by atoms with van der Waals surface area (Å²) in [4.78, 5) is 12.6. The molecule has 8 nitrogen and oxygen atoms in total. The van der Waals surface area contributed by atoms with E-state index in [2.05, 4.69) is 15.5 Å². The monoisotopic (exact) mass is 452 g/mol. The highest BCUT2D eigenvalue weighted by atomic mass is 32.2. The number of hydrogen-bond donors (Lipinski definition) is 1. The van der Waals surface area contributed by atoms with Crippen LogP contribution in [0.5, 0.6) is 0 Å². The van der Waals surface area contributed by atoms with Crippen molar-refractivity contribution in [3.05, 3.63) is 71.1 Å². The lowest BCUT2D eigenvalue weighted by Crippen LogP contribution is -2.40. The fraction of sp³-hybridized carbons (Fsp3) is 0.261. The Kier molecular flexibility index (Phi) is 6.48. The van der Waals surface area contributed by atoms with Crippen molar-refractivity contribution in [1.29, 1.82) is 0 Å². The summed E-state index contributed by atoms with van der Waals surface area (Å²) in [6, 6.07) is 16.9. The summed E-state index contributed by atoms with van der Waals surface area (Å²) in [5.41, 5.74) is 2.70. The van der Waals surface area contributed by atoms with Crippen LogP contribution >= 0.6 is 0 Å². The van der Waals surface area contributed by atoms with Gasteiger partial charge in [-0.25, -0.2) is 8.42 Å². The molecule has 9 heteroatoms. The van der Waals surface area contributed by atoms with Gasteiger partial charge in [0.05, 0.1) is 0 Å². The molecule has 0 saturated carbocycles. The zero-order valence-electron chi connectivity index (χ0n) is 17.6. The molecule has 1 aliphatic rings. The average molecular weight is 453 g/mol. The summed E-state index contributed by atoms with van der Waals surface area (Å²) in [7, 11) is -3.55. The van der Waals surface area contributed by atoms with Gasteiger partial charge in [-0.15, -0.1) is 5.10 Å². The van der Waals surface area contributed by atoms with Gasteiger partial charge in [0, 0.05) is 30.0 Å². The fourth-order valence-corrected chi connectivity index (χ4v) is 4.70. The van der Waals surface area contributed by atoms with Crippen LogP contribution in [0.2, 0.25) is 0 Å². The van der Waals surface area contributed by atoms with Crippen molar-refractivity contribution in [2.24, 2.45) is 5.92 Å². The molecular weight excluding hydrogens is 428 g/mol. The van der Waals surface area contributed by atoms with E-state index in [9.17, 15) is 13.2 Å². The molecule has 32 heavy (non-hydrogen) atoms. The van der Waals surface area contributed by atoms with Gasteiger partial charge in [-0.3, -0.25) is 10.1 Å². The number of rotatable bonds is 6. The molecule has 0 aliphatic carbocycles. The Balaban J connectivity index is 1.31. The van der Waals surface area contributed by atoms with Gasteiger partial charge >= 0.3 is 6.01 Å². The lowest BCUT2D eigenvalue weighted by molar-refractivity contribution is -0.121. The summed E-state index contributed by atoms with van der Waals surface area (Å²) in [6.07, 6.45) is 2.43. The van der Waals surface area contributed by atoms with Crippen LogP contribution in [0.1, 0.15) is 24.0 Å². The average Bonchev–Trinajstić information content (AvgIpc) is 3.28. The predicted octanol–water partition coefficient (Wildman–Crippen LogP) is 3.70. The van der Waals surface area contributed by atoms with Crippen molar-refractivity contribution in [2.75, 3.05) is 18.4 Å². The molecule has 3 aromatic rings. The van der Waals surface area contributed by atoms with Crippen LogP contribution in [0, 0.1) is 12.8 Å². The molecule has 0 atom stereocenters. The van der Waals surface area contributed by atoms with E-state index in [-0.39, 0.29) is 30.9 Å². The van der Waals surface area contributed by atoms with E-state index in [0.717, 1.165) is 16.7 Å². The third-order valence-corrected chi connectivity index (χ3v) is 6.94. The number of benzene rings is 2. The first kappa shape index (κ1) is 21.9. The van der Waals surface area contributed by atoms with Crippen molar-refractivity contribution in [2.45, 2.75) is 19.8 Å². The Hall–Kier alpha value is -3.30. The second-order valence-corrected chi connectivity index (χ2v) is 9.52. The standard InChI is InChI=1S/C23H24N4O4S/c1-17-7-9-18(10-8-17)13-16-32(29,30)27-14-11-19(12-15-27)21(28)24-23-26-25-22(31-23)20-5-3-2-4-6-20/h2-10,13,16,19H,11-12,14-15H2,1H3,(H,24,26,28)/b16-13+. The Morgan fingerprint density at radius 3 is 2.44 bits per heavy atom. The molecule has 0 unspecified atom stereocenters. The fourth-order valence-electron chi connectivity index (χ4n) is 3.48. The Morgan fingerprint density at radius 1 is 1.06 bits per heavy atom. The Bertz CT molecular complexity index is 1200. The molecule has 4 rings (SSSR count). The van der Waals surface area contributed by atoms with Crippen molar-refractivity contribution >= 4 is 28.0 Å². The SMILES string of the molecule is Cc1ccc(/C=C/S(=O)(=O)N2CCC(C(=O)Nc3nnc(-c4ccccc4)o3)CC2)cc1. The molecule has 1 aliphatic heterocycles. The summed E-state index contributed by atoms with van der Waals surface area (Å²) in [6.45, 7) is 2.53. The zero-order valence-corrected chi connectivity index (χ0v) is 18.5. The number of piperidine rings is 1. The Labute approximate surface area is 187 Å². The van der Waals surface area contributed by atoms with Gasteiger partial charge in [0.25, 0.3) is 0 Å². The second kappa shape index (κ2) is 9.46. The largest absolute Gasteiger partial charge is 0.403 e. The molecule has 0 radical (unpaired) electrons. The molecule has 1 fully saturated rings. The van der Waals surface area contributed by atoms with E-state index in [0.29, 0.717) is 18.7 Å². The van der Waals surface area contributed by atoms with Crippen molar-refractivity contribution in [3.8, 4) is 11.5 Å². The molecule has 1 aromatic heterocycles. The number of amides is 1. The summed E-state index contributed by atoms with van der Waals surface area (Å²) >= 11 is 0. The molecule has 1 saturated heterocycles. The normalized spacial score (nSPS) is 15.8. The van der Waals surface area contributed by atoms with Crippen molar-refractivity contribution in [1.82, 2.24) is 14.5 Å². The van der Waals surface area contributed by atoms with E-state index < -0.39 is 10.0 Å². The lowest BCUT2D eigenvalue weighted by Gasteiger charge is -2.29. The summed E-state index contributed by atoms with van der Waals surface area (Å²) in [5.74, 6) is -0.253. The smallest absolute Gasteiger partial charge is 0.322 e. The second-order valence-electron chi connectivity index (χ2n) is 7.70. The van der Waals surface area contributed by atoms with Gasteiger partial charge in [-0.2, -0.15) is 4.31 Å². The number of aromatic nitrogens is 2. The Morgan fingerprint density at radius 2 is 1.75 bits per heavy atom. The van der Waals surface area contributed by atoms with Gasteiger partial charge in [0.1, 0.15) is 0 Å². The molecule has 2 aromatic carbocycles. The summed E-state index contributed by atoms with van der Waals surface area (Å²) < 4.78 is 32.2. The maximum atomic E-state index is 12.6. The molecule has 0 spiro atoms.